The number of hydrogen-bond acceptors (Lipinski definition) is 2. The summed E-state index contributed by atoms with van der Waals surface area (Å²) in [6, 6.07) is 7.17. The fraction of sp³-hybridized carbons (Fsp3) is 0.500. The predicted octanol–water partition coefficient (Wildman–Crippen LogP) is -0.858. The van der Waals surface area contributed by atoms with E-state index >= 15 is 0 Å². The summed E-state index contributed by atoms with van der Waals surface area (Å²) >= 11 is 0. The van der Waals surface area contributed by atoms with Crippen molar-refractivity contribution in [3.8, 4) is 5.75 Å². The Morgan fingerprint density at radius 1 is 1.12 bits per heavy atom. The van der Waals surface area contributed by atoms with Crippen LogP contribution in [0.15, 0.2) is 12.1 Å². The van der Waals surface area contributed by atoms with Crippen LogP contribution in [0.4, 0.5) is 0 Å². The van der Waals surface area contributed by atoms with Crippen molar-refractivity contribution in [3.05, 3.63) is 29.3 Å². The molecule has 0 aliphatic rings. The van der Waals surface area contributed by atoms with Crippen molar-refractivity contribution in [1.82, 2.24) is 0 Å². The molecule has 2 nitrogen and oxygen atoms in total. The van der Waals surface area contributed by atoms with Gasteiger partial charge in [0.15, 0.2) is 0 Å². The Balaban J connectivity index is 0. The minimum atomic E-state index is 0. The molecule has 0 bridgehead atoms. The van der Waals surface area contributed by atoms with Crippen LogP contribution >= 0.6 is 0 Å². The third-order valence-corrected chi connectivity index (χ3v) is 1.81. The van der Waals surface area contributed by atoms with Gasteiger partial charge in [0.25, 0.3) is 0 Å². The molecule has 0 fully saturated rings. The van der Waals surface area contributed by atoms with E-state index in [1.165, 1.54) is 0 Å². The summed E-state index contributed by atoms with van der Waals surface area (Å²) in [6.07, 6.45) is 0. The summed E-state index contributed by atoms with van der Waals surface area (Å²) in [5.41, 5.74) is 2.22. The van der Waals surface area contributed by atoms with E-state index in [1.54, 1.807) is 0 Å². The van der Waals surface area contributed by atoms with E-state index in [0.29, 0.717) is 13.2 Å². The van der Waals surface area contributed by atoms with E-state index in [-0.39, 0.29) is 40.0 Å². The second-order valence-electron chi connectivity index (χ2n) is 3.23. The minimum Gasteiger partial charge on any atom is -1.00 e. The van der Waals surface area contributed by atoms with Crippen molar-refractivity contribution in [2.24, 2.45) is 0 Å². The van der Waals surface area contributed by atoms with E-state index in [2.05, 4.69) is 6.07 Å². The van der Waals surface area contributed by atoms with E-state index < -0.39 is 0 Å². The van der Waals surface area contributed by atoms with Crippen LogP contribution in [-0.2, 0) is 4.74 Å². The first-order valence-corrected chi connectivity index (χ1v) is 4.93. The molecule has 1 aromatic carbocycles. The first kappa shape index (κ1) is 18.6. The molecule has 0 aliphatic carbocycles. The Hall–Kier alpha value is 0.226. The molecule has 0 saturated heterocycles. The molecule has 86 valence electrons. The van der Waals surface area contributed by atoms with Crippen LogP contribution in [-0.4, -0.2) is 42.9 Å². The van der Waals surface area contributed by atoms with Crippen molar-refractivity contribution < 1.29 is 26.5 Å². The summed E-state index contributed by atoms with van der Waals surface area (Å²) in [5, 5.41) is 0. The Bertz CT molecular complexity index is 272. The van der Waals surface area contributed by atoms with Crippen LogP contribution in [0.2, 0.25) is 0 Å². The van der Waals surface area contributed by atoms with Gasteiger partial charge in [0, 0.05) is 12.4 Å². The van der Waals surface area contributed by atoms with E-state index in [4.69, 9.17) is 9.47 Å². The molecule has 0 aromatic heterocycles. The molecule has 16 heavy (non-hydrogen) atoms. The number of benzene rings is 1. The molecule has 0 unspecified atom stereocenters. The van der Waals surface area contributed by atoms with Gasteiger partial charge in [-0.3, -0.25) is 0 Å². The standard InChI is InChI=1S/C12H17O2.BrH.Mg/c1-4-13-5-6-14-12-8-10(2)7-11(3)9-12;;/h8-9H,4-6H2,1-3H3;1H;/q-1;;+2/p-1. The summed E-state index contributed by atoms with van der Waals surface area (Å²) < 4.78 is 10.7. The van der Waals surface area contributed by atoms with Gasteiger partial charge in [-0.15, -0.1) is 12.1 Å². The average Bonchev–Trinajstić information content (AvgIpc) is 2.11. The van der Waals surface area contributed by atoms with Crippen molar-refractivity contribution in [3.63, 3.8) is 0 Å². The Morgan fingerprint density at radius 2 is 1.69 bits per heavy atom. The van der Waals surface area contributed by atoms with Crippen LogP contribution in [0.3, 0.4) is 0 Å². The Morgan fingerprint density at radius 3 is 2.19 bits per heavy atom. The smallest absolute Gasteiger partial charge is 1.00 e. The van der Waals surface area contributed by atoms with Crippen molar-refractivity contribution in [2.45, 2.75) is 20.8 Å². The zero-order chi connectivity index (χ0) is 10.4. The third kappa shape index (κ3) is 7.49. The first-order chi connectivity index (χ1) is 6.72. The molecule has 0 aliphatic heterocycles. The largest absolute Gasteiger partial charge is 2.00 e. The monoisotopic (exact) mass is 296 g/mol. The SMILES string of the molecule is CCOCCOc1cc(C)[c-]c(C)c1.[Br-].[Mg+2]. The van der Waals surface area contributed by atoms with Gasteiger partial charge in [-0.25, -0.2) is 0 Å². The molecule has 0 N–H and O–H groups in total. The normalized spacial score (nSPS) is 8.94. The number of ether oxygens (including phenoxy) is 2. The molecule has 0 atom stereocenters. The van der Waals surface area contributed by atoms with Gasteiger partial charge in [-0.05, 0) is 6.92 Å². The van der Waals surface area contributed by atoms with Gasteiger partial charge in [-0.2, -0.15) is 17.2 Å². The van der Waals surface area contributed by atoms with Crippen molar-refractivity contribution >= 4 is 23.1 Å². The van der Waals surface area contributed by atoms with E-state index in [1.807, 2.05) is 32.9 Å². The minimum absolute atomic E-state index is 0. The molecule has 4 heteroatoms. The van der Waals surface area contributed by atoms with E-state index in [9.17, 15) is 0 Å². The zero-order valence-corrected chi connectivity index (χ0v) is 13.2. The second-order valence-corrected chi connectivity index (χ2v) is 3.23. The summed E-state index contributed by atoms with van der Waals surface area (Å²) in [7, 11) is 0. The Labute approximate surface area is 125 Å². The molecule has 0 radical (unpaired) electrons. The first-order valence-electron chi connectivity index (χ1n) is 4.93. The van der Waals surface area contributed by atoms with Gasteiger partial charge in [0.2, 0.25) is 0 Å². The van der Waals surface area contributed by atoms with Gasteiger partial charge in [0.05, 0.1) is 6.61 Å². The summed E-state index contributed by atoms with van der Waals surface area (Å²) in [6.45, 7) is 8.00. The number of rotatable bonds is 5. The predicted molar refractivity (Wildman–Crippen MR) is 62.5 cm³/mol. The number of aryl methyl sites for hydroxylation is 2. The van der Waals surface area contributed by atoms with Crippen LogP contribution in [0.5, 0.6) is 5.75 Å². The molecule has 1 rings (SSSR count). The molecule has 0 spiro atoms. The zero-order valence-electron chi connectivity index (χ0n) is 10.2. The van der Waals surface area contributed by atoms with Gasteiger partial charge in [0.1, 0.15) is 6.61 Å². The molecule has 0 amide bonds. The molecule has 0 saturated carbocycles. The topological polar surface area (TPSA) is 18.5 Å². The van der Waals surface area contributed by atoms with Crippen LogP contribution in [0.1, 0.15) is 18.1 Å². The van der Waals surface area contributed by atoms with Crippen LogP contribution in [0, 0.1) is 19.9 Å². The molecule has 1 aromatic rings. The average molecular weight is 297 g/mol. The maximum Gasteiger partial charge on any atom is 2.00 e. The maximum atomic E-state index is 5.52. The van der Waals surface area contributed by atoms with Gasteiger partial charge < -0.3 is 26.5 Å². The quantitative estimate of drug-likeness (QED) is 0.400. The fourth-order valence-electron chi connectivity index (χ4n) is 1.30. The maximum absolute atomic E-state index is 5.52. The van der Waals surface area contributed by atoms with Gasteiger partial charge in [-0.1, -0.05) is 13.8 Å². The summed E-state index contributed by atoms with van der Waals surface area (Å²) in [5.74, 6) is 0.901. The molecular weight excluding hydrogens is 280 g/mol. The van der Waals surface area contributed by atoms with Crippen LogP contribution < -0.4 is 21.7 Å². The van der Waals surface area contributed by atoms with Gasteiger partial charge >= 0.3 is 23.1 Å². The number of hydrogen-bond donors (Lipinski definition) is 0. The fourth-order valence-corrected chi connectivity index (χ4v) is 1.30. The van der Waals surface area contributed by atoms with Crippen molar-refractivity contribution in [1.29, 1.82) is 0 Å². The van der Waals surface area contributed by atoms with Crippen molar-refractivity contribution in [2.75, 3.05) is 19.8 Å². The number of halogens is 1. The molecule has 0 heterocycles. The molecular formula is C12H17BrMgO2. The summed E-state index contributed by atoms with van der Waals surface area (Å²) in [4.78, 5) is 0. The van der Waals surface area contributed by atoms with Crippen LogP contribution in [0.25, 0.3) is 0 Å². The third-order valence-electron chi connectivity index (χ3n) is 1.81. The van der Waals surface area contributed by atoms with E-state index in [0.717, 1.165) is 23.5 Å². The Kier molecular flexibility index (Phi) is 12.1. The second kappa shape index (κ2) is 10.4.